The smallest absolute Gasteiger partial charge is 0.271 e. The van der Waals surface area contributed by atoms with E-state index in [4.69, 9.17) is 0 Å². The van der Waals surface area contributed by atoms with E-state index in [0.717, 1.165) is 25.9 Å². The SMILES string of the molecule is O=C(CN1CCN(C(=O)c2cnc3sccn3c2=O)CC1)N1CCCCCC1. The van der Waals surface area contributed by atoms with Crippen LogP contribution in [0.25, 0.3) is 4.96 Å². The van der Waals surface area contributed by atoms with Crippen LogP contribution in [0.5, 0.6) is 0 Å². The van der Waals surface area contributed by atoms with Crippen LogP contribution in [-0.2, 0) is 4.79 Å². The van der Waals surface area contributed by atoms with Gasteiger partial charge in [0.25, 0.3) is 11.5 Å². The van der Waals surface area contributed by atoms with E-state index in [1.165, 1.54) is 34.8 Å². The number of rotatable bonds is 3. The Morgan fingerprint density at radius 3 is 2.39 bits per heavy atom. The molecule has 2 fully saturated rings. The topological polar surface area (TPSA) is 78.2 Å². The molecule has 4 heterocycles. The van der Waals surface area contributed by atoms with Gasteiger partial charge in [0.2, 0.25) is 5.91 Å². The average Bonchev–Trinajstić information content (AvgIpc) is 3.03. The molecule has 2 aromatic heterocycles. The Morgan fingerprint density at radius 1 is 0.964 bits per heavy atom. The Hall–Kier alpha value is -2.26. The number of fused-ring (bicyclic) bond motifs is 1. The molecule has 2 saturated heterocycles. The zero-order valence-electron chi connectivity index (χ0n) is 15.9. The van der Waals surface area contributed by atoms with E-state index < -0.39 is 0 Å². The quantitative estimate of drug-likeness (QED) is 0.762. The maximum absolute atomic E-state index is 12.8. The fourth-order valence-corrected chi connectivity index (χ4v) is 4.54. The van der Waals surface area contributed by atoms with Crippen molar-refractivity contribution in [2.75, 3.05) is 45.8 Å². The number of carbonyl (C=O) groups is 2. The molecule has 0 spiro atoms. The molecule has 2 aliphatic rings. The molecule has 0 bridgehead atoms. The molecule has 0 atom stereocenters. The number of hydrogen-bond acceptors (Lipinski definition) is 6. The van der Waals surface area contributed by atoms with Gasteiger partial charge >= 0.3 is 0 Å². The number of likely N-dealkylation sites (tertiary alicyclic amines) is 1. The van der Waals surface area contributed by atoms with Gasteiger partial charge in [0, 0.05) is 57.0 Å². The average molecular weight is 404 g/mol. The number of hydrogen-bond donors (Lipinski definition) is 0. The lowest BCUT2D eigenvalue weighted by molar-refractivity contribution is -0.132. The fourth-order valence-electron chi connectivity index (χ4n) is 3.86. The minimum atomic E-state index is -0.324. The first kappa shape index (κ1) is 19.1. The van der Waals surface area contributed by atoms with Crippen molar-refractivity contribution in [2.24, 2.45) is 0 Å². The Balaban J connectivity index is 1.34. The summed E-state index contributed by atoms with van der Waals surface area (Å²) in [4.78, 5) is 48.4. The Kier molecular flexibility index (Phi) is 5.72. The molecule has 0 saturated carbocycles. The lowest BCUT2D eigenvalue weighted by atomic mass is 10.2. The maximum atomic E-state index is 12.8. The highest BCUT2D eigenvalue weighted by molar-refractivity contribution is 7.15. The summed E-state index contributed by atoms with van der Waals surface area (Å²) in [5, 5.41) is 1.78. The van der Waals surface area contributed by atoms with Crippen molar-refractivity contribution >= 4 is 28.1 Å². The van der Waals surface area contributed by atoms with E-state index >= 15 is 0 Å². The molecule has 0 unspecified atom stereocenters. The van der Waals surface area contributed by atoms with Crippen molar-refractivity contribution in [3.05, 3.63) is 33.7 Å². The molecule has 0 N–H and O–H groups in total. The number of carbonyl (C=O) groups excluding carboxylic acids is 2. The van der Waals surface area contributed by atoms with Gasteiger partial charge in [0.1, 0.15) is 5.56 Å². The minimum absolute atomic E-state index is 0.102. The molecule has 0 radical (unpaired) electrons. The highest BCUT2D eigenvalue weighted by Gasteiger charge is 2.27. The van der Waals surface area contributed by atoms with Crippen molar-refractivity contribution in [1.29, 1.82) is 0 Å². The van der Waals surface area contributed by atoms with Gasteiger partial charge in [-0.1, -0.05) is 12.8 Å². The van der Waals surface area contributed by atoms with E-state index in [1.807, 2.05) is 4.90 Å². The molecule has 0 aliphatic carbocycles. The largest absolute Gasteiger partial charge is 0.342 e. The molecular formula is C19H25N5O3S. The van der Waals surface area contributed by atoms with Crippen LogP contribution in [0.2, 0.25) is 0 Å². The van der Waals surface area contributed by atoms with Crippen LogP contribution in [0.3, 0.4) is 0 Å². The number of nitrogens with zero attached hydrogens (tertiary/aromatic N) is 5. The summed E-state index contributed by atoms with van der Waals surface area (Å²) in [5.41, 5.74) is -0.222. The monoisotopic (exact) mass is 403 g/mol. The predicted octanol–water partition coefficient (Wildman–Crippen LogP) is 0.916. The van der Waals surface area contributed by atoms with Gasteiger partial charge in [0.15, 0.2) is 4.96 Å². The van der Waals surface area contributed by atoms with E-state index in [0.29, 0.717) is 37.7 Å². The molecule has 8 nitrogen and oxygen atoms in total. The summed E-state index contributed by atoms with van der Waals surface area (Å²) >= 11 is 1.36. The maximum Gasteiger partial charge on any atom is 0.271 e. The van der Waals surface area contributed by atoms with Crippen molar-refractivity contribution in [1.82, 2.24) is 24.1 Å². The number of piperazine rings is 1. The molecule has 4 rings (SSSR count). The van der Waals surface area contributed by atoms with Gasteiger partial charge in [-0.2, -0.15) is 0 Å². The Labute approximate surface area is 167 Å². The fraction of sp³-hybridized carbons (Fsp3) is 0.579. The van der Waals surface area contributed by atoms with E-state index in [9.17, 15) is 14.4 Å². The second-order valence-corrected chi connectivity index (χ2v) is 8.27. The third kappa shape index (κ3) is 3.95. The zero-order valence-corrected chi connectivity index (χ0v) is 16.7. The highest BCUT2D eigenvalue weighted by atomic mass is 32.1. The molecule has 2 aromatic rings. The second kappa shape index (κ2) is 8.40. The van der Waals surface area contributed by atoms with Crippen LogP contribution in [-0.4, -0.2) is 81.7 Å². The number of aromatic nitrogens is 2. The Morgan fingerprint density at radius 2 is 1.68 bits per heavy atom. The van der Waals surface area contributed by atoms with Crippen LogP contribution in [0.4, 0.5) is 0 Å². The molecule has 9 heteroatoms. The number of amides is 2. The van der Waals surface area contributed by atoms with Crippen molar-refractivity contribution in [2.45, 2.75) is 25.7 Å². The standard InChI is InChI=1S/C19H25N5O3S/c25-16(22-5-3-1-2-4-6-22)14-21-7-9-23(10-8-21)17(26)15-13-20-19-24(18(15)27)11-12-28-19/h11-13H,1-10,14H2. The first-order valence-electron chi connectivity index (χ1n) is 9.88. The van der Waals surface area contributed by atoms with Gasteiger partial charge in [-0.15, -0.1) is 11.3 Å². The summed E-state index contributed by atoms with van der Waals surface area (Å²) in [6.07, 6.45) is 7.61. The predicted molar refractivity (Wildman–Crippen MR) is 107 cm³/mol. The molecule has 150 valence electrons. The minimum Gasteiger partial charge on any atom is -0.342 e. The normalized spacial score (nSPS) is 19.0. The van der Waals surface area contributed by atoms with Gasteiger partial charge in [-0.3, -0.25) is 23.7 Å². The first-order valence-corrected chi connectivity index (χ1v) is 10.8. The van der Waals surface area contributed by atoms with Crippen LogP contribution < -0.4 is 5.56 Å². The Bertz CT molecular complexity index is 908. The van der Waals surface area contributed by atoms with Gasteiger partial charge < -0.3 is 9.80 Å². The van der Waals surface area contributed by atoms with Crippen molar-refractivity contribution in [3.8, 4) is 0 Å². The van der Waals surface area contributed by atoms with Crippen LogP contribution in [0.1, 0.15) is 36.0 Å². The summed E-state index contributed by atoms with van der Waals surface area (Å²) in [7, 11) is 0. The number of thiazole rings is 1. The van der Waals surface area contributed by atoms with Gasteiger partial charge in [-0.25, -0.2) is 4.98 Å². The molecular weight excluding hydrogens is 378 g/mol. The van der Waals surface area contributed by atoms with Gasteiger partial charge in [0.05, 0.1) is 6.54 Å². The summed E-state index contributed by atoms with van der Waals surface area (Å²) in [6.45, 7) is 4.43. The second-order valence-electron chi connectivity index (χ2n) is 7.40. The van der Waals surface area contributed by atoms with Crippen LogP contribution >= 0.6 is 11.3 Å². The first-order chi connectivity index (χ1) is 13.6. The summed E-state index contributed by atoms with van der Waals surface area (Å²) in [6, 6.07) is 0. The summed E-state index contributed by atoms with van der Waals surface area (Å²) < 4.78 is 1.41. The van der Waals surface area contributed by atoms with E-state index in [1.54, 1.807) is 16.5 Å². The summed E-state index contributed by atoms with van der Waals surface area (Å²) in [5.74, 6) is -0.0939. The van der Waals surface area contributed by atoms with Crippen LogP contribution in [0, 0.1) is 0 Å². The van der Waals surface area contributed by atoms with Gasteiger partial charge in [-0.05, 0) is 12.8 Å². The van der Waals surface area contributed by atoms with E-state index in [-0.39, 0.29) is 22.9 Å². The lowest BCUT2D eigenvalue weighted by Crippen LogP contribution is -2.52. The van der Waals surface area contributed by atoms with Crippen molar-refractivity contribution in [3.63, 3.8) is 0 Å². The molecule has 0 aromatic carbocycles. The molecule has 2 amide bonds. The molecule has 2 aliphatic heterocycles. The van der Waals surface area contributed by atoms with Crippen molar-refractivity contribution < 1.29 is 9.59 Å². The van der Waals surface area contributed by atoms with E-state index in [2.05, 4.69) is 9.88 Å². The lowest BCUT2D eigenvalue weighted by Gasteiger charge is -2.35. The zero-order chi connectivity index (χ0) is 19.5. The third-order valence-corrected chi connectivity index (χ3v) is 6.32. The molecule has 28 heavy (non-hydrogen) atoms. The third-order valence-electron chi connectivity index (χ3n) is 5.55. The van der Waals surface area contributed by atoms with Crippen LogP contribution in [0.15, 0.2) is 22.6 Å². The highest BCUT2D eigenvalue weighted by Crippen LogP contribution is 2.12.